The van der Waals surface area contributed by atoms with E-state index in [-0.39, 0.29) is 61.1 Å². The van der Waals surface area contributed by atoms with Crippen molar-refractivity contribution in [1.29, 1.82) is 0 Å². The monoisotopic (exact) mass is 693 g/mol. The van der Waals surface area contributed by atoms with E-state index in [0.717, 1.165) is 0 Å². The van der Waals surface area contributed by atoms with Crippen LogP contribution in [0.4, 0.5) is 17.1 Å². The third-order valence-electron chi connectivity index (χ3n) is 8.63. The van der Waals surface area contributed by atoms with E-state index in [4.69, 9.17) is 10.5 Å². The smallest absolute Gasteiger partial charge is 0.242 e. The number of para-hydroxylation sites is 2. The summed E-state index contributed by atoms with van der Waals surface area (Å²) in [6.45, 7) is 3.69. The second-order valence-electron chi connectivity index (χ2n) is 12.6. The van der Waals surface area contributed by atoms with Gasteiger partial charge in [-0.25, -0.2) is 8.42 Å². The number of ether oxygens (including phenoxy) is 1. The lowest BCUT2D eigenvalue weighted by Gasteiger charge is -2.33. The summed E-state index contributed by atoms with van der Waals surface area (Å²) in [5.74, 6) is -0.427. The number of sulfonamides is 1. The molecular weight excluding hydrogens is 646 g/mol. The fourth-order valence-corrected chi connectivity index (χ4v) is 6.85. The molecule has 0 spiro atoms. The fraction of sp³-hybridized carbons (Fsp3) is 0.417. The zero-order valence-electron chi connectivity index (χ0n) is 28.3. The highest BCUT2D eigenvalue weighted by atomic mass is 32.2. The molecule has 12 nitrogen and oxygen atoms in total. The lowest BCUT2D eigenvalue weighted by molar-refractivity contribution is -0.134. The molecule has 4 rings (SSSR count). The highest BCUT2D eigenvalue weighted by Crippen LogP contribution is 2.30. The Hall–Kier alpha value is -4.46. The average Bonchev–Trinajstić information content (AvgIpc) is 3.12. The van der Waals surface area contributed by atoms with E-state index in [2.05, 4.69) is 10.6 Å². The molecule has 1 aliphatic heterocycles. The fourth-order valence-electron chi connectivity index (χ4n) is 5.64. The van der Waals surface area contributed by atoms with E-state index in [0.29, 0.717) is 54.1 Å². The number of nitrogens with two attached hydrogens (primary N) is 1. The zero-order valence-corrected chi connectivity index (χ0v) is 29.1. The second-order valence-corrected chi connectivity index (χ2v) is 14.6. The van der Waals surface area contributed by atoms with Crippen LogP contribution in [0, 0.1) is 5.92 Å². The molecule has 0 bridgehead atoms. The molecule has 3 atom stereocenters. The van der Waals surface area contributed by atoms with Gasteiger partial charge >= 0.3 is 0 Å². The molecule has 0 aliphatic carbocycles. The summed E-state index contributed by atoms with van der Waals surface area (Å²) >= 11 is 0. The number of fused-ring (bicyclic) bond motifs is 1. The van der Waals surface area contributed by atoms with Crippen LogP contribution in [-0.2, 0) is 30.8 Å². The molecule has 264 valence electrons. The van der Waals surface area contributed by atoms with Crippen LogP contribution in [0.5, 0.6) is 5.75 Å². The van der Waals surface area contributed by atoms with E-state index in [9.17, 15) is 27.9 Å². The van der Waals surface area contributed by atoms with Crippen molar-refractivity contribution in [3.8, 4) is 5.75 Å². The van der Waals surface area contributed by atoms with Crippen LogP contribution >= 0.6 is 0 Å². The van der Waals surface area contributed by atoms with Gasteiger partial charge in [0.05, 0.1) is 41.9 Å². The van der Waals surface area contributed by atoms with Gasteiger partial charge < -0.3 is 31.1 Å². The van der Waals surface area contributed by atoms with Gasteiger partial charge in [0.2, 0.25) is 27.7 Å². The standard InChI is InChI=1S/C36H47N5O7S/c1-25-22-41(26(2)24-42)36(45)21-27-20-28(38-34(43)16-8-5-9-17-35(44)39-31-15-11-10-14-30(31)37)18-19-32(27)48-33(25)23-40(3)49(46,47)29-12-6-4-7-13-29/h4,6-7,10-15,18-20,25-26,33,42H,5,8-9,16-17,21-24,37H2,1-3H3,(H,38,43)(H,39,44)/t25-,26-,33-/m0/s1. The van der Waals surface area contributed by atoms with E-state index >= 15 is 0 Å². The number of rotatable bonds is 14. The van der Waals surface area contributed by atoms with Gasteiger partial charge in [0, 0.05) is 43.6 Å². The molecule has 5 N–H and O–H groups in total. The number of unbranched alkanes of at least 4 members (excludes halogenated alkanes) is 2. The first-order chi connectivity index (χ1) is 23.4. The van der Waals surface area contributed by atoms with E-state index in [1.54, 1.807) is 72.5 Å². The summed E-state index contributed by atoms with van der Waals surface area (Å²) in [7, 11) is -2.30. The Labute approximate surface area is 288 Å². The Balaban J connectivity index is 1.40. The molecule has 0 aromatic heterocycles. The number of carbonyl (C=O) groups is 3. The number of carbonyl (C=O) groups excluding carboxylic acids is 3. The number of hydrogen-bond donors (Lipinski definition) is 4. The van der Waals surface area contributed by atoms with Gasteiger partial charge in [-0.05, 0) is 62.2 Å². The minimum absolute atomic E-state index is 0.0217. The highest BCUT2D eigenvalue weighted by molar-refractivity contribution is 7.89. The molecule has 3 aromatic rings. The molecule has 0 fully saturated rings. The summed E-state index contributed by atoms with van der Waals surface area (Å²) in [6.07, 6.45) is 1.80. The van der Waals surface area contributed by atoms with Crippen molar-refractivity contribution in [3.63, 3.8) is 0 Å². The number of aliphatic hydroxyl groups is 1. The Bertz CT molecular complexity index is 1700. The Kier molecular flexibility index (Phi) is 13.2. The quantitative estimate of drug-likeness (QED) is 0.143. The molecule has 0 saturated carbocycles. The average molecular weight is 694 g/mol. The maximum absolute atomic E-state index is 13.5. The number of amides is 3. The van der Waals surface area contributed by atoms with Gasteiger partial charge in [-0.15, -0.1) is 0 Å². The van der Waals surface area contributed by atoms with Crippen molar-refractivity contribution in [2.75, 3.05) is 43.1 Å². The number of nitrogen functional groups attached to an aromatic ring is 1. The Morgan fingerprint density at radius 3 is 2.33 bits per heavy atom. The Morgan fingerprint density at radius 1 is 1.00 bits per heavy atom. The van der Waals surface area contributed by atoms with Crippen LogP contribution in [-0.4, -0.2) is 79.3 Å². The molecule has 1 aliphatic rings. The van der Waals surface area contributed by atoms with Crippen LogP contribution in [0.25, 0.3) is 0 Å². The zero-order chi connectivity index (χ0) is 35.6. The maximum Gasteiger partial charge on any atom is 0.242 e. The van der Waals surface area contributed by atoms with Gasteiger partial charge in [0.25, 0.3) is 0 Å². The third-order valence-corrected chi connectivity index (χ3v) is 10.5. The molecule has 49 heavy (non-hydrogen) atoms. The number of hydrogen-bond acceptors (Lipinski definition) is 8. The molecule has 3 amide bonds. The number of likely N-dealkylation sites (N-methyl/N-ethyl adjacent to an activating group) is 1. The number of nitrogens with zero attached hydrogens (tertiary/aromatic N) is 2. The largest absolute Gasteiger partial charge is 0.488 e. The van der Waals surface area contributed by atoms with Crippen LogP contribution in [0.2, 0.25) is 0 Å². The van der Waals surface area contributed by atoms with Gasteiger partial charge in [-0.1, -0.05) is 43.7 Å². The predicted molar refractivity (Wildman–Crippen MR) is 189 cm³/mol. The van der Waals surface area contributed by atoms with Crippen molar-refractivity contribution in [3.05, 3.63) is 78.4 Å². The van der Waals surface area contributed by atoms with Crippen molar-refractivity contribution in [2.24, 2.45) is 5.92 Å². The lowest BCUT2D eigenvalue weighted by atomic mass is 10.0. The summed E-state index contributed by atoms with van der Waals surface area (Å²) in [5, 5.41) is 15.6. The molecule has 3 aromatic carbocycles. The topological polar surface area (TPSA) is 171 Å². The first-order valence-corrected chi connectivity index (χ1v) is 18.0. The molecule has 13 heteroatoms. The molecule has 0 saturated heterocycles. The molecule has 0 radical (unpaired) electrons. The van der Waals surface area contributed by atoms with Gasteiger partial charge in [-0.2, -0.15) is 4.31 Å². The summed E-state index contributed by atoms with van der Waals surface area (Å²) in [5.41, 5.74) is 7.99. The molecule has 0 unspecified atom stereocenters. The first kappa shape index (κ1) is 37.4. The normalized spacial score (nSPS) is 17.2. The Morgan fingerprint density at radius 2 is 1.65 bits per heavy atom. The third kappa shape index (κ3) is 10.3. The number of nitrogens with one attached hydrogen (secondary N) is 2. The summed E-state index contributed by atoms with van der Waals surface area (Å²) < 4.78 is 34.4. The number of aliphatic hydroxyl groups excluding tert-OH is 1. The minimum atomic E-state index is -3.80. The van der Waals surface area contributed by atoms with Gasteiger partial charge in [-0.3, -0.25) is 14.4 Å². The number of benzene rings is 3. The minimum Gasteiger partial charge on any atom is -0.488 e. The van der Waals surface area contributed by atoms with Gasteiger partial charge in [0.1, 0.15) is 11.9 Å². The molecule has 1 heterocycles. The van der Waals surface area contributed by atoms with E-state index < -0.39 is 22.2 Å². The van der Waals surface area contributed by atoms with Crippen LogP contribution < -0.4 is 21.1 Å². The van der Waals surface area contributed by atoms with Gasteiger partial charge in [0.15, 0.2) is 0 Å². The lowest BCUT2D eigenvalue weighted by Crippen LogP contribution is -2.48. The van der Waals surface area contributed by atoms with Crippen molar-refractivity contribution in [1.82, 2.24) is 9.21 Å². The summed E-state index contributed by atoms with van der Waals surface area (Å²) in [6, 6.07) is 19.8. The summed E-state index contributed by atoms with van der Waals surface area (Å²) in [4.78, 5) is 40.4. The highest BCUT2D eigenvalue weighted by Gasteiger charge is 2.33. The SMILES string of the molecule is C[C@H]1CN([C@@H](C)CO)C(=O)Cc2cc(NC(=O)CCCCCC(=O)Nc3ccccc3N)ccc2O[C@H]1CN(C)S(=O)(=O)c1ccccc1. The van der Waals surface area contributed by atoms with E-state index in [1.165, 1.54) is 23.5 Å². The van der Waals surface area contributed by atoms with Crippen LogP contribution in [0.1, 0.15) is 51.5 Å². The number of anilines is 3. The first-order valence-electron chi connectivity index (χ1n) is 16.5. The van der Waals surface area contributed by atoms with Crippen molar-refractivity contribution < 1.29 is 32.6 Å². The van der Waals surface area contributed by atoms with Crippen LogP contribution in [0.3, 0.4) is 0 Å². The second kappa shape index (κ2) is 17.3. The predicted octanol–water partition coefficient (Wildman–Crippen LogP) is 4.27. The maximum atomic E-state index is 13.5. The molecular formula is C36H47N5O7S. The van der Waals surface area contributed by atoms with E-state index in [1.807, 2.05) is 6.92 Å². The van der Waals surface area contributed by atoms with Crippen molar-refractivity contribution >= 4 is 44.8 Å². The van der Waals surface area contributed by atoms with Crippen molar-refractivity contribution in [2.45, 2.75) is 69.4 Å². The van der Waals surface area contributed by atoms with Crippen LogP contribution in [0.15, 0.2) is 77.7 Å².